The molecule has 1 atom stereocenters. The second kappa shape index (κ2) is 8.78. The van der Waals surface area contributed by atoms with Crippen molar-refractivity contribution in [2.24, 2.45) is 5.92 Å². The van der Waals surface area contributed by atoms with Gasteiger partial charge in [-0.1, -0.05) is 6.07 Å². The quantitative estimate of drug-likeness (QED) is 0.862. The third-order valence-electron chi connectivity index (χ3n) is 4.44. The van der Waals surface area contributed by atoms with Crippen molar-refractivity contribution in [1.29, 1.82) is 0 Å². The molecule has 0 aromatic carbocycles. The molecule has 0 aliphatic carbocycles. The number of carbonyl (C=O) groups is 2. The van der Waals surface area contributed by atoms with Crippen LogP contribution in [0.1, 0.15) is 44.0 Å². The van der Waals surface area contributed by atoms with Crippen LogP contribution >= 0.6 is 0 Å². The molecule has 1 aliphatic rings. The number of ether oxygens (including phenoxy) is 1. The smallest absolute Gasteiger partial charge is 0.248 e. The van der Waals surface area contributed by atoms with Crippen LogP contribution in [0.4, 0.5) is 0 Å². The second-order valence-corrected chi connectivity index (χ2v) is 6.26. The van der Waals surface area contributed by atoms with E-state index in [4.69, 9.17) is 4.74 Å². The Morgan fingerprint density at radius 2 is 2.08 bits per heavy atom. The number of aromatic nitrogens is 1. The first-order valence-corrected chi connectivity index (χ1v) is 8.59. The fraction of sp³-hybridized carbons (Fsp3) is 0.611. The zero-order valence-corrected chi connectivity index (χ0v) is 14.7. The number of aryl methyl sites for hydroxylation is 1. The molecule has 24 heavy (non-hydrogen) atoms. The SMILES string of the molecule is CCOCC(=O)N1CCC(C(=O)N[C@@H](C)c2ccc(C)nc2)CC1. The molecule has 0 radical (unpaired) electrons. The van der Waals surface area contributed by atoms with Gasteiger partial charge < -0.3 is 15.0 Å². The molecule has 1 fully saturated rings. The first kappa shape index (κ1) is 18.4. The molecule has 1 aromatic heterocycles. The summed E-state index contributed by atoms with van der Waals surface area (Å²) in [7, 11) is 0. The molecule has 132 valence electrons. The Morgan fingerprint density at radius 3 is 2.67 bits per heavy atom. The predicted molar refractivity (Wildman–Crippen MR) is 91.3 cm³/mol. The summed E-state index contributed by atoms with van der Waals surface area (Å²) in [6.45, 7) is 7.67. The van der Waals surface area contributed by atoms with E-state index in [-0.39, 0.29) is 30.4 Å². The highest BCUT2D eigenvalue weighted by Crippen LogP contribution is 2.19. The summed E-state index contributed by atoms with van der Waals surface area (Å²) < 4.78 is 5.16. The summed E-state index contributed by atoms with van der Waals surface area (Å²) in [6, 6.07) is 3.87. The average Bonchev–Trinajstić information content (AvgIpc) is 2.60. The zero-order valence-electron chi connectivity index (χ0n) is 14.7. The van der Waals surface area contributed by atoms with Gasteiger partial charge in [-0.05, 0) is 45.2 Å². The first-order chi connectivity index (χ1) is 11.5. The van der Waals surface area contributed by atoms with Crippen LogP contribution in [0.5, 0.6) is 0 Å². The molecule has 6 heteroatoms. The van der Waals surface area contributed by atoms with Crippen molar-refractivity contribution in [3.8, 4) is 0 Å². The Morgan fingerprint density at radius 1 is 1.38 bits per heavy atom. The van der Waals surface area contributed by atoms with Crippen molar-refractivity contribution in [2.75, 3.05) is 26.3 Å². The fourth-order valence-electron chi connectivity index (χ4n) is 2.82. The Labute approximate surface area is 143 Å². The maximum Gasteiger partial charge on any atom is 0.248 e. The van der Waals surface area contributed by atoms with Gasteiger partial charge in [0.2, 0.25) is 11.8 Å². The lowest BCUT2D eigenvalue weighted by molar-refractivity contribution is -0.139. The average molecular weight is 333 g/mol. The molecule has 0 saturated carbocycles. The highest BCUT2D eigenvalue weighted by Gasteiger charge is 2.28. The van der Waals surface area contributed by atoms with Crippen LogP contribution in [-0.2, 0) is 14.3 Å². The minimum absolute atomic E-state index is 0.00908. The number of nitrogens with zero attached hydrogens (tertiary/aromatic N) is 2. The van der Waals surface area contributed by atoms with Gasteiger partial charge in [-0.2, -0.15) is 0 Å². The van der Waals surface area contributed by atoms with E-state index in [0.29, 0.717) is 32.5 Å². The summed E-state index contributed by atoms with van der Waals surface area (Å²) in [5, 5.41) is 3.06. The van der Waals surface area contributed by atoms with Crippen LogP contribution in [0.25, 0.3) is 0 Å². The van der Waals surface area contributed by atoms with Gasteiger partial charge in [0, 0.05) is 37.5 Å². The Bertz CT molecular complexity index is 551. The monoisotopic (exact) mass is 333 g/mol. The van der Waals surface area contributed by atoms with E-state index in [1.165, 1.54) is 0 Å². The van der Waals surface area contributed by atoms with E-state index in [0.717, 1.165) is 11.3 Å². The lowest BCUT2D eigenvalue weighted by atomic mass is 9.95. The van der Waals surface area contributed by atoms with Gasteiger partial charge in [0.25, 0.3) is 0 Å². The highest BCUT2D eigenvalue weighted by atomic mass is 16.5. The largest absolute Gasteiger partial charge is 0.372 e. The summed E-state index contributed by atoms with van der Waals surface area (Å²) in [5.41, 5.74) is 1.96. The van der Waals surface area contributed by atoms with Crippen LogP contribution in [0, 0.1) is 12.8 Å². The van der Waals surface area contributed by atoms with E-state index in [2.05, 4.69) is 10.3 Å². The molecule has 1 N–H and O–H groups in total. The maximum atomic E-state index is 12.4. The normalized spacial score (nSPS) is 16.7. The van der Waals surface area contributed by atoms with Crippen molar-refractivity contribution in [1.82, 2.24) is 15.2 Å². The van der Waals surface area contributed by atoms with Crippen molar-refractivity contribution in [2.45, 2.75) is 39.7 Å². The first-order valence-electron chi connectivity index (χ1n) is 8.59. The van der Waals surface area contributed by atoms with Gasteiger partial charge in [-0.25, -0.2) is 0 Å². The van der Waals surface area contributed by atoms with Crippen molar-refractivity contribution in [3.05, 3.63) is 29.6 Å². The standard InChI is InChI=1S/C18H27N3O3/c1-4-24-12-17(22)21-9-7-15(8-10-21)18(23)20-14(3)16-6-5-13(2)19-11-16/h5-6,11,14-15H,4,7-10,12H2,1-3H3,(H,20,23)/t14-/m0/s1. The minimum Gasteiger partial charge on any atom is -0.372 e. The highest BCUT2D eigenvalue weighted by molar-refractivity contribution is 5.80. The molecule has 1 aliphatic heterocycles. The molecular formula is C18H27N3O3. The maximum absolute atomic E-state index is 12.4. The second-order valence-electron chi connectivity index (χ2n) is 6.26. The number of nitrogens with one attached hydrogen (secondary N) is 1. The third kappa shape index (κ3) is 5.03. The molecule has 1 saturated heterocycles. The van der Waals surface area contributed by atoms with E-state index in [9.17, 15) is 9.59 Å². The van der Waals surface area contributed by atoms with Crippen LogP contribution in [0.2, 0.25) is 0 Å². The summed E-state index contributed by atoms with van der Waals surface area (Å²) in [4.78, 5) is 30.4. The molecule has 0 spiro atoms. The molecular weight excluding hydrogens is 306 g/mol. The van der Waals surface area contributed by atoms with Crippen molar-refractivity contribution >= 4 is 11.8 Å². The molecule has 6 nitrogen and oxygen atoms in total. The molecule has 0 unspecified atom stereocenters. The summed E-state index contributed by atoms with van der Waals surface area (Å²) in [5.74, 6) is 0.0248. The Hall–Kier alpha value is -1.95. The zero-order chi connectivity index (χ0) is 17.5. The molecule has 1 aromatic rings. The van der Waals surface area contributed by atoms with Crippen LogP contribution in [0.3, 0.4) is 0 Å². The van der Waals surface area contributed by atoms with Crippen LogP contribution in [-0.4, -0.2) is 48.0 Å². The number of hydrogen-bond acceptors (Lipinski definition) is 4. The lowest BCUT2D eigenvalue weighted by Gasteiger charge is -2.32. The summed E-state index contributed by atoms with van der Waals surface area (Å²) in [6.07, 6.45) is 3.19. The molecule has 2 amide bonds. The van der Waals surface area contributed by atoms with E-state index < -0.39 is 0 Å². The van der Waals surface area contributed by atoms with Gasteiger partial charge in [0.1, 0.15) is 6.61 Å². The number of hydrogen-bond donors (Lipinski definition) is 1. The van der Waals surface area contributed by atoms with E-state index >= 15 is 0 Å². The van der Waals surface area contributed by atoms with E-state index in [1.807, 2.05) is 32.9 Å². The van der Waals surface area contributed by atoms with Gasteiger partial charge in [-0.15, -0.1) is 0 Å². The van der Waals surface area contributed by atoms with Crippen molar-refractivity contribution < 1.29 is 14.3 Å². The molecule has 2 rings (SSSR count). The Balaban J connectivity index is 1.80. The number of pyridine rings is 1. The van der Waals surface area contributed by atoms with Gasteiger partial charge >= 0.3 is 0 Å². The number of rotatable bonds is 6. The third-order valence-corrected chi connectivity index (χ3v) is 4.44. The number of amides is 2. The molecule has 0 bridgehead atoms. The predicted octanol–water partition coefficient (Wildman–Crippen LogP) is 1.84. The molecule has 2 heterocycles. The van der Waals surface area contributed by atoms with Gasteiger partial charge in [-0.3, -0.25) is 14.6 Å². The van der Waals surface area contributed by atoms with Gasteiger partial charge in [0.05, 0.1) is 6.04 Å². The number of likely N-dealkylation sites (tertiary alicyclic amines) is 1. The fourth-order valence-corrected chi connectivity index (χ4v) is 2.82. The Kier molecular flexibility index (Phi) is 6.73. The van der Waals surface area contributed by atoms with Crippen LogP contribution < -0.4 is 5.32 Å². The minimum atomic E-state index is -0.0665. The number of piperidine rings is 1. The van der Waals surface area contributed by atoms with Crippen LogP contribution in [0.15, 0.2) is 18.3 Å². The lowest BCUT2D eigenvalue weighted by Crippen LogP contribution is -2.44. The van der Waals surface area contributed by atoms with E-state index in [1.54, 1.807) is 11.1 Å². The van der Waals surface area contributed by atoms with Gasteiger partial charge in [0.15, 0.2) is 0 Å². The van der Waals surface area contributed by atoms with Crippen molar-refractivity contribution in [3.63, 3.8) is 0 Å². The topological polar surface area (TPSA) is 71.5 Å². The summed E-state index contributed by atoms with van der Waals surface area (Å²) >= 11 is 0. The number of carbonyl (C=O) groups excluding carboxylic acids is 2.